The maximum absolute atomic E-state index is 6.45. The average Bonchev–Trinajstić information content (AvgIpc) is 3.30. The lowest BCUT2D eigenvalue weighted by Gasteiger charge is -2.26. The molecule has 1 N–H and O–H groups in total. The van der Waals surface area contributed by atoms with Crippen molar-refractivity contribution < 1.29 is 4.74 Å². The summed E-state index contributed by atoms with van der Waals surface area (Å²) in [5.74, 6) is 1.83. The van der Waals surface area contributed by atoms with Crippen molar-refractivity contribution >= 4 is 39.0 Å². The SMILES string of the molecule is CC(Nc1nc(CN2CCOCC2)nc2sc3c(c12)CCC3)c1ccccc1Cl. The average molecular weight is 429 g/mol. The molecule has 2 aliphatic rings. The van der Waals surface area contributed by atoms with Gasteiger partial charge >= 0.3 is 0 Å². The van der Waals surface area contributed by atoms with Crippen molar-refractivity contribution in [2.24, 2.45) is 0 Å². The van der Waals surface area contributed by atoms with Gasteiger partial charge in [-0.25, -0.2) is 9.97 Å². The van der Waals surface area contributed by atoms with Gasteiger partial charge in [0.15, 0.2) is 0 Å². The zero-order valence-corrected chi connectivity index (χ0v) is 18.2. The second kappa shape index (κ2) is 8.19. The third kappa shape index (κ3) is 3.87. The highest BCUT2D eigenvalue weighted by Gasteiger charge is 2.24. The molecule has 0 amide bonds. The summed E-state index contributed by atoms with van der Waals surface area (Å²) < 4.78 is 5.48. The smallest absolute Gasteiger partial charge is 0.146 e. The summed E-state index contributed by atoms with van der Waals surface area (Å²) in [7, 11) is 0. The van der Waals surface area contributed by atoms with Gasteiger partial charge in [0.05, 0.1) is 31.2 Å². The fourth-order valence-electron chi connectivity index (χ4n) is 4.28. The fraction of sp³-hybridized carbons (Fsp3) is 0.455. The van der Waals surface area contributed by atoms with Gasteiger partial charge in [0.2, 0.25) is 0 Å². The number of hydrogen-bond acceptors (Lipinski definition) is 6. The Morgan fingerprint density at radius 3 is 2.86 bits per heavy atom. The number of rotatable bonds is 5. The summed E-state index contributed by atoms with van der Waals surface area (Å²) in [5.41, 5.74) is 2.53. The lowest BCUT2D eigenvalue weighted by Crippen LogP contribution is -2.36. The lowest BCUT2D eigenvalue weighted by molar-refractivity contribution is 0.0331. The predicted molar refractivity (Wildman–Crippen MR) is 119 cm³/mol. The van der Waals surface area contributed by atoms with Gasteiger partial charge < -0.3 is 10.1 Å². The van der Waals surface area contributed by atoms with Gasteiger partial charge in [-0.1, -0.05) is 29.8 Å². The number of anilines is 1. The van der Waals surface area contributed by atoms with Gasteiger partial charge in [-0.3, -0.25) is 4.90 Å². The number of halogens is 1. The first kappa shape index (κ1) is 19.2. The van der Waals surface area contributed by atoms with Crippen LogP contribution in [0.3, 0.4) is 0 Å². The molecule has 152 valence electrons. The summed E-state index contributed by atoms with van der Waals surface area (Å²) in [6.07, 6.45) is 3.51. The maximum Gasteiger partial charge on any atom is 0.146 e. The highest BCUT2D eigenvalue weighted by atomic mass is 35.5. The Hall–Kier alpha value is -1.73. The summed E-state index contributed by atoms with van der Waals surface area (Å²) in [6, 6.07) is 8.08. The Kier molecular flexibility index (Phi) is 5.43. The molecule has 2 aromatic heterocycles. The van der Waals surface area contributed by atoms with Gasteiger partial charge in [-0.2, -0.15) is 0 Å². The molecule has 7 heteroatoms. The highest BCUT2D eigenvalue weighted by Crippen LogP contribution is 2.40. The van der Waals surface area contributed by atoms with Crippen LogP contribution in [-0.4, -0.2) is 41.2 Å². The van der Waals surface area contributed by atoms with Crippen molar-refractivity contribution in [3.63, 3.8) is 0 Å². The first-order chi connectivity index (χ1) is 14.2. The number of nitrogens with zero attached hydrogens (tertiary/aromatic N) is 3. The Balaban J connectivity index is 1.51. The van der Waals surface area contributed by atoms with Crippen LogP contribution in [-0.2, 0) is 24.1 Å². The van der Waals surface area contributed by atoms with E-state index in [-0.39, 0.29) is 6.04 Å². The molecule has 1 unspecified atom stereocenters. The number of aromatic nitrogens is 2. The van der Waals surface area contributed by atoms with Crippen molar-refractivity contribution in [1.82, 2.24) is 14.9 Å². The van der Waals surface area contributed by atoms with E-state index in [4.69, 9.17) is 26.3 Å². The molecular formula is C22H25ClN4OS. The van der Waals surface area contributed by atoms with Crippen LogP contribution in [0.15, 0.2) is 24.3 Å². The van der Waals surface area contributed by atoms with Gasteiger partial charge in [-0.05, 0) is 43.4 Å². The third-order valence-corrected chi connectivity index (χ3v) is 7.33. The van der Waals surface area contributed by atoms with E-state index < -0.39 is 0 Å². The molecule has 1 atom stereocenters. The fourth-order valence-corrected chi connectivity index (χ4v) is 5.86. The summed E-state index contributed by atoms with van der Waals surface area (Å²) in [6.45, 7) is 6.33. The Labute approximate surface area is 180 Å². The minimum Gasteiger partial charge on any atom is -0.379 e. The van der Waals surface area contributed by atoms with E-state index in [1.165, 1.54) is 22.2 Å². The monoisotopic (exact) mass is 428 g/mol. The summed E-state index contributed by atoms with van der Waals surface area (Å²) in [4.78, 5) is 14.9. The van der Waals surface area contributed by atoms with Crippen molar-refractivity contribution in [3.8, 4) is 0 Å². The molecule has 1 fully saturated rings. The number of benzene rings is 1. The van der Waals surface area contributed by atoms with Crippen LogP contribution in [0.5, 0.6) is 0 Å². The zero-order chi connectivity index (χ0) is 19.8. The number of ether oxygens (including phenoxy) is 1. The second-order valence-electron chi connectivity index (χ2n) is 7.80. The molecule has 0 spiro atoms. The predicted octanol–water partition coefficient (Wildman–Crippen LogP) is 4.84. The minimum atomic E-state index is 0.0648. The number of thiophene rings is 1. The van der Waals surface area contributed by atoms with E-state index in [1.807, 2.05) is 29.5 Å². The topological polar surface area (TPSA) is 50.3 Å². The van der Waals surface area contributed by atoms with E-state index in [0.717, 1.165) is 72.7 Å². The van der Waals surface area contributed by atoms with Gasteiger partial charge in [0.1, 0.15) is 16.5 Å². The molecule has 1 saturated heterocycles. The first-order valence-corrected chi connectivity index (χ1v) is 11.5. The van der Waals surface area contributed by atoms with Crippen LogP contribution in [0.2, 0.25) is 5.02 Å². The summed E-state index contributed by atoms with van der Waals surface area (Å²) >= 11 is 8.29. The molecule has 1 aromatic carbocycles. The quantitative estimate of drug-likeness (QED) is 0.630. The normalized spacial score (nSPS) is 18.1. The summed E-state index contributed by atoms with van der Waals surface area (Å²) in [5, 5.41) is 5.66. The van der Waals surface area contributed by atoms with E-state index in [1.54, 1.807) is 0 Å². The Morgan fingerprint density at radius 1 is 1.21 bits per heavy atom. The molecule has 3 aromatic rings. The van der Waals surface area contributed by atoms with E-state index in [0.29, 0.717) is 0 Å². The highest BCUT2D eigenvalue weighted by molar-refractivity contribution is 7.19. The van der Waals surface area contributed by atoms with E-state index in [2.05, 4.69) is 23.2 Å². The van der Waals surface area contributed by atoms with Gasteiger partial charge in [0, 0.05) is 23.0 Å². The number of hydrogen-bond donors (Lipinski definition) is 1. The lowest BCUT2D eigenvalue weighted by atomic mass is 10.1. The number of fused-ring (bicyclic) bond motifs is 3. The molecule has 29 heavy (non-hydrogen) atoms. The van der Waals surface area contributed by atoms with Crippen molar-refractivity contribution in [2.45, 2.75) is 38.8 Å². The molecular weight excluding hydrogens is 404 g/mol. The van der Waals surface area contributed by atoms with Crippen LogP contribution >= 0.6 is 22.9 Å². The van der Waals surface area contributed by atoms with Crippen LogP contribution in [0, 0.1) is 0 Å². The molecule has 0 bridgehead atoms. The molecule has 3 heterocycles. The largest absolute Gasteiger partial charge is 0.379 e. The van der Waals surface area contributed by atoms with Crippen LogP contribution in [0.4, 0.5) is 5.82 Å². The molecule has 1 aliphatic heterocycles. The third-order valence-electron chi connectivity index (χ3n) is 5.80. The first-order valence-electron chi connectivity index (χ1n) is 10.3. The van der Waals surface area contributed by atoms with Crippen LogP contribution in [0.25, 0.3) is 10.2 Å². The van der Waals surface area contributed by atoms with Crippen molar-refractivity contribution in [3.05, 3.63) is 51.1 Å². The van der Waals surface area contributed by atoms with E-state index >= 15 is 0 Å². The maximum atomic E-state index is 6.45. The Morgan fingerprint density at radius 2 is 2.03 bits per heavy atom. The second-order valence-corrected chi connectivity index (χ2v) is 9.29. The molecule has 5 nitrogen and oxygen atoms in total. The van der Waals surface area contributed by atoms with E-state index in [9.17, 15) is 0 Å². The minimum absolute atomic E-state index is 0.0648. The van der Waals surface area contributed by atoms with Crippen molar-refractivity contribution in [2.75, 3.05) is 31.6 Å². The van der Waals surface area contributed by atoms with Crippen LogP contribution < -0.4 is 5.32 Å². The van der Waals surface area contributed by atoms with Crippen LogP contribution in [0.1, 0.15) is 41.2 Å². The Bertz CT molecular complexity index is 1030. The van der Waals surface area contributed by atoms with Gasteiger partial charge in [-0.15, -0.1) is 11.3 Å². The molecule has 0 radical (unpaired) electrons. The van der Waals surface area contributed by atoms with Gasteiger partial charge in [0.25, 0.3) is 0 Å². The number of aryl methyl sites for hydroxylation is 2. The molecule has 5 rings (SSSR count). The number of nitrogens with one attached hydrogen (secondary N) is 1. The number of morpholine rings is 1. The molecule has 1 aliphatic carbocycles. The zero-order valence-electron chi connectivity index (χ0n) is 16.6. The van der Waals surface area contributed by atoms with Crippen molar-refractivity contribution in [1.29, 1.82) is 0 Å². The molecule has 0 saturated carbocycles. The standard InChI is InChI=1S/C22H25ClN4OS/c1-14(15-5-2-3-7-17(15)23)24-21-20-16-6-4-8-18(16)29-22(20)26-19(25-21)13-27-9-11-28-12-10-27/h2-3,5,7,14H,4,6,8-13H2,1H3,(H,24,25,26).